The van der Waals surface area contributed by atoms with Crippen molar-refractivity contribution >= 4 is 22.7 Å². The lowest BCUT2D eigenvalue weighted by molar-refractivity contribution is -0.144. The van der Waals surface area contributed by atoms with Gasteiger partial charge in [-0.1, -0.05) is 12.1 Å². The number of hydrogen-bond donors (Lipinski definition) is 2. The summed E-state index contributed by atoms with van der Waals surface area (Å²) >= 11 is 0. The van der Waals surface area contributed by atoms with Crippen LogP contribution in [0.2, 0.25) is 0 Å². The van der Waals surface area contributed by atoms with Crippen molar-refractivity contribution in [2.24, 2.45) is 0 Å². The Kier molecular flexibility index (Phi) is 5.01. The lowest BCUT2D eigenvalue weighted by atomic mass is 10.1. The van der Waals surface area contributed by atoms with E-state index >= 15 is 0 Å². The van der Waals surface area contributed by atoms with Crippen molar-refractivity contribution in [1.29, 1.82) is 0 Å². The van der Waals surface area contributed by atoms with E-state index in [1.54, 1.807) is 0 Å². The van der Waals surface area contributed by atoms with Gasteiger partial charge in [-0.3, -0.25) is 9.36 Å². The second-order valence-corrected chi connectivity index (χ2v) is 6.12. The second-order valence-electron chi connectivity index (χ2n) is 6.12. The van der Waals surface area contributed by atoms with Gasteiger partial charge in [-0.25, -0.2) is 14.8 Å². The van der Waals surface area contributed by atoms with E-state index in [9.17, 15) is 27.9 Å². The number of carbonyl (C=O) groups is 1. The van der Waals surface area contributed by atoms with Gasteiger partial charge >= 0.3 is 12.1 Å². The highest BCUT2D eigenvalue weighted by Crippen LogP contribution is 2.30. The molecule has 0 aliphatic carbocycles. The van der Waals surface area contributed by atoms with E-state index in [-0.39, 0.29) is 16.8 Å². The molecule has 0 saturated heterocycles. The SMILES string of the molecule is COC(=O)c1c(N)c2cnc(C(F)(F)F)nc2n(-c2ccc(C(C)O)cc2)c1=O. The van der Waals surface area contributed by atoms with Gasteiger partial charge in [0, 0.05) is 6.20 Å². The number of aliphatic hydroxyl groups is 1. The van der Waals surface area contributed by atoms with Crippen molar-refractivity contribution in [3.63, 3.8) is 0 Å². The number of nitrogens with two attached hydrogens (primary N) is 1. The highest BCUT2D eigenvalue weighted by molar-refractivity contribution is 6.03. The smallest absolute Gasteiger partial charge is 0.451 e. The number of pyridine rings is 1. The molecule has 29 heavy (non-hydrogen) atoms. The zero-order chi connectivity index (χ0) is 21.5. The Hall–Kier alpha value is -3.47. The van der Waals surface area contributed by atoms with E-state index in [1.807, 2.05) is 0 Å². The summed E-state index contributed by atoms with van der Waals surface area (Å²) in [5.74, 6) is -2.52. The Labute approximate surface area is 161 Å². The topological polar surface area (TPSA) is 120 Å². The number of nitrogens with zero attached hydrogens (tertiary/aromatic N) is 3. The summed E-state index contributed by atoms with van der Waals surface area (Å²) < 4.78 is 44.7. The summed E-state index contributed by atoms with van der Waals surface area (Å²) in [4.78, 5) is 31.8. The Balaban J connectivity index is 2.44. The van der Waals surface area contributed by atoms with E-state index < -0.39 is 40.8 Å². The third kappa shape index (κ3) is 3.51. The lowest BCUT2D eigenvalue weighted by Crippen LogP contribution is -2.29. The Morgan fingerprint density at radius 1 is 1.28 bits per heavy atom. The van der Waals surface area contributed by atoms with Gasteiger partial charge in [0.2, 0.25) is 5.82 Å². The summed E-state index contributed by atoms with van der Waals surface area (Å²) in [6.45, 7) is 1.53. The zero-order valence-corrected chi connectivity index (χ0v) is 15.2. The van der Waals surface area contributed by atoms with Gasteiger partial charge in [-0.2, -0.15) is 13.2 Å². The molecule has 0 radical (unpaired) electrons. The molecule has 1 aromatic carbocycles. The van der Waals surface area contributed by atoms with Crippen LogP contribution in [-0.4, -0.2) is 32.7 Å². The molecule has 0 aliphatic heterocycles. The van der Waals surface area contributed by atoms with E-state index in [4.69, 9.17) is 5.73 Å². The van der Waals surface area contributed by atoms with Gasteiger partial charge in [-0.15, -0.1) is 0 Å². The van der Waals surface area contributed by atoms with Crippen molar-refractivity contribution in [3.05, 3.63) is 57.8 Å². The Morgan fingerprint density at radius 2 is 1.90 bits per heavy atom. The minimum atomic E-state index is -4.86. The van der Waals surface area contributed by atoms with Crippen LogP contribution in [0.15, 0.2) is 35.3 Å². The molecule has 8 nitrogen and oxygen atoms in total. The highest BCUT2D eigenvalue weighted by Gasteiger charge is 2.35. The maximum Gasteiger partial charge on any atom is 0.451 e. The quantitative estimate of drug-likeness (QED) is 0.638. The number of esters is 1. The standard InChI is InChI=1S/C18H15F3N4O4/c1-8(26)9-3-5-10(6-4-9)25-14-11(7-23-17(24-14)18(19,20)21)13(22)12(15(25)27)16(28)29-2/h3-8,26H,22H2,1-2H3. The first-order chi connectivity index (χ1) is 13.6. The minimum absolute atomic E-state index is 0.112. The molecule has 0 amide bonds. The summed E-state index contributed by atoms with van der Waals surface area (Å²) in [6, 6.07) is 5.77. The van der Waals surface area contributed by atoms with E-state index in [0.717, 1.165) is 17.9 Å². The number of nitrogen functional groups attached to an aromatic ring is 1. The Bertz CT molecular complexity index is 1150. The maximum absolute atomic E-state index is 13.1. The summed E-state index contributed by atoms with van der Waals surface area (Å²) in [5, 5.41) is 9.50. The predicted molar refractivity (Wildman–Crippen MR) is 96.5 cm³/mol. The molecule has 11 heteroatoms. The van der Waals surface area contributed by atoms with Crippen LogP contribution < -0.4 is 11.3 Å². The Morgan fingerprint density at radius 3 is 2.41 bits per heavy atom. The summed E-state index contributed by atoms with van der Waals surface area (Å²) in [7, 11) is 1.04. The number of aliphatic hydroxyl groups excluding tert-OH is 1. The number of aromatic nitrogens is 3. The molecule has 3 aromatic rings. The van der Waals surface area contributed by atoms with Crippen molar-refractivity contribution in [2.75, 3.05) is 12.8 Å². The van der Waals surface area contributed by atoms with Crippen LogP contribution >= 0.6 is 0 Å². The molecule has 0 fully saturated rings. The summed E-state index contributed by atoms with van der Waals surface area (Å²) in [5.41, 5.74) is 4.12. The van der Waals surface area contributed by atoms with Gasteiger partial charge in [0.05, 0.1) is 30.0 Å². The van der Waals surface area contributed by atoms with Gasteiger partial charge in [0.1, 0.15) is 5.56 Å². The lowest BCUT2D eigenvalue weighted by Gasteiger charge is -2.16. The maximum atomic E-state index is 13.1. The van der Waals surface area contributed by atoms with E-state index in [1.165, 1.54) is 31.2 Å². The van der Waals surface area contributed by atoms with Gasteiger partial charge in [-0.05, 0) is 24.6 Å². The molecule has 0 spiro atoms. The number of methoxy groups -OCH3 is 1. The molecular formula is C18H15F3N4O4. The van der Waals surface area contributed by atoms with Gasteiger partial charge in [0.15, 0.2) is 5.65 Å². The van der Waals surface area contributed by atoms with Crippen molar-refractivity contribution in [1.82, 2.24) is 14.5 Å². The fourth-order valence-electron chi connectivity index (χ4n) is 2.77. The van der Waals surface area contributed by atoms with Crippen LogP contribution in [-0.2, 0) is 10.9 Å². The largest absolute Gasteiger partial charge is 0.465 e. The molecule has 2 heterocycles. The average Bonchev–Trinajstić information content (AvgIpc) is 2.67. The molecular weight excluding hydrogens is 393 g/mol. The number of alkyl halides is 3. The number of hydrogen-bond acceptors (Lipinski definition) is 7. The molecule has 3 rings (SSSR count). The first-order valence-corrected chi connectivity index (χ1v) is 8.21. The van der Waals surface area contributed by atoms with Crippen molar-refractivity contribution in [2.45, 2.75) is 19.2 Å². The van der Waals surface area contributed by atoms with Crippen molar-refractivity contribution in [3.8, 4) is 5.69 Å². The summed E-state index contributed by atoms with van der Waals surface area (Å²) in [6.07, 6.45) is -4.86. The zero-order valence-electron chi connectivity index (χ0n) is 15.2. The van der Waals surface area contributed by atoms with Crippen LogP contribution in [0.4, 0.5) is 18.9 Å². The molecule has 1 atom stereocenters. The minimum Gasteiger partial charge on any atom is -0.465 e. The third-order valence-electron chi connectivity index (χ3n) is 4.23. The first kappa shape index (κ1) is 20.3. The molecule has 2 aromatic heterocycles. The first-order valence-electron chi connectivity index (χ1n) is 8.21. The molecule has 1 unspecified atom stereocenters. The van der Waals surface area contributed by atoms with Crippen LogP contribution in [0.5, 0.6) is 0 Å². The van der Waals surface area contributed by atoms with Crippen LogP contribution in [0, 0.1) is 0 Å². The van der Waals surface area contributed by atoms with Gasteiger partial charge < -0.3 is 15.6 Å². The highest BCUT2D eigenvalue weighted by atomic mass is 19.4. The van der Waals surface area contributed by atoms with E-state index in [0.29, 0.717) is 5.56 Å². The van der Waals surface area contributed by atoms with Crippen LogP contribution in [0.25, 0.3) is 16.7 Å². The fourth-order valence-corrected chi connectivity index (χ4v) is 2.77. The number of benzene rings is 1. The monoisotopic (exact) mass is 408 g/mol. The molecule has 0 bridgehead atoms. The molecule has 0 aliphatic rings. The molecule has 3 N–H and O–H groups in total. The second kappa shape index (κ2) is 7.17. The van der Waals surface area contributed by atoms with Crippen molar-refractivity contribution < 1.29 is 27.8 Å². The molecule has 152 valence electrons. The fraction of sp³-hybridized carbons (Fsp3) is 0.222. The van der Waals surface area contributed by atoms with Gasteiger partial charge in [0.25, 0.3) is 5.56 Å². The van der Waals surface area contributed by atoms with E-state index in [2.05, 4.69) is 14.7 Å². The number of halogens is 3. The average molecular weight is 408 g/mol. The number of anilines is 1. The van der Waals surface area contributed by atoms with Crippen LogP contribution in [0.1, 0.15) is 34.8 Å². The molecule has 0 saturated carbocycles. The number of carbonyl (C=O) groups excluding carboxylic acids is 1. The third-order valence-corrected chi connectivity index (χ3v) is 4.23. The normalized spacial score (nSPS) is 12.8. The predicted octanol–water partition coefficient (Wildman–Crippen LogP) is 2.22. The number of fused-ring (bicyclic) bond motifs is 1. The van der Waals surface area contributed by atoms with Crippen LogP contribution in [0.3, 0.4) is 0 Å². The number of ether oxygens (including phenoxy) is 1. The number of rotatable bonds is 3.